The monoisotopic (exact) mass is 283 g/mol. The summed E-state index contributed by atoms with van der Waals surface area (Å²) in [5.41, 5.74) is 6.49. The highest BCUT2D eigenvalue weighted by atomic mass is 35.5. The minimum Gasteiger partial charge on any atom is -0.494 e. The van der Waals surface area contributed by atoms with Gasteiger partial charge in [-0.1, -0.05) is 35.9 Å². The molecule has 19 heavy (non-hydrogen) atoms. The van der Waals surface area contributed by atoms with Gasteiger partial charge in [-0.05, 0) is 17.7 Å². The molecule has 1 unspecified atom stereocenters. The van der Waals surface area contributed by atoms with Crippen molar-refractivity contribution in [1.29, 1.82) is 0 Å². The van der Waals surface area contributed by atoms with Crippen LogP contribution < -0.4 is 10.5 Å². The van der Waals surface area contributed by atoms with Crippen molar-refractivity contribution < 1.29 is 13.5 Å². The smallest absolute Gasteiger partial charge is 0.170 e. The van der Waals surface area contributed by atoms with Crippen molar-refractivity contribution in [3.8, 4) is 5.75 Å². The van der Waals surface area contributed by atoms with E-state index >= 15 is 0 Å². The van der Waals surface area contributed by atoms with E-state index in [9.17, 15) is 8.78 Å². The Kier molecular flexibility index (Phi) is 4.02. The fourth-order valence-corrected chi connectivity index (χ4v) is 2.10. The van der Waals surface area contributed by atoms with Gasteiger partial charge in [0.15, 0.2) is 11.6 Å². The van der Waals surface area contributed by atoms with Crippen molar-refractivity contribution in [2.45, 2.75) is 6.04 Å². The number of nitrogens with two attached hydrogens (primary N) is 1. The van der Waals surface area contributed by atoms with Gasteiger partial charge in [-0.3, -0.25) is 0 Å². The predicted octanol–water partition coefficient (Wildman–Crippen LogP) is 3.67. The van der Waals surface area contributed by atoms with Crippen molar-refractivity contribution in [3.05, 3.63) is 64.2 Å². The summed E-state index contributed by atoms with van der Waals surface area (Å²) in [6.45, 7) is 0. The summed E-state index contributed by atoms with van der Waals surface area (Å²) in [5.74, 6) is -1.07. The maximum absolute atomic E-state index is 14.1. The summed E-state index contributed by atoms with van der Waals surface area (Å²) in [7, 11) is 1.36. The zero-order chi connectivity index (χ0) is 14.0. The van der Waals surface area contributed by atoms with Crippen LogP contribution in [-0.2, 0) is 0 Å². The van der Waals surface area contributed by atoms with Gasteiger partial charge in [-0.15, -0.1) is 0 Å². The van der Waals surface area contributed by atoms with Crippen molar-refractivity contribution >= 4 is 11.6 Å². The topological polar surface area (TPSA) is 35.2 Å². The lowest BCUT2D eigenvalue weighted by Gasteiger charge is -2.16. The maximum atomic E-state index is 14.1. The number of methoxy groups -OCH3 is 1. The van der Waals surface area contributed by atoms with Gasteiger partial charge in [0, 0.05) is 5.56 Å². The molecule has 0 radical (unpaired) electrons. The lowest BCUT2D eigenvalue weighted by molar-refractivity contribution is 0.383. The largest absolute Gasteiger partial charge is 0.494 e. The van der Waals surface area contributed by atoms with Gasteiger partial charge in [0.1, 0.15) is 5.82 Å². The quantitative estimate of drug-likeness (QED) is 0.933. The Morgan fingerprint density at radius 2 is 1.74 bits per heavy atom. The van der Waals surface area contributed by atoms with Crippen LogP contribution in [0.2, 0.25) is 5.02 Å². The van der Waals surface area contributed by atoms with Crippen LogP contribution in [0.1, 0.15) is 17.2 Å². The summed E-state index contributed by atoms with van der Waals surface area (Å²) < 4.78 is 32.4. The molecule has 0 aliphatic carbocycles. The Balaban J connectivity index is 2.50. The molecule has 0 saturated carbocycles. The average Bonchev–Trinajstić information content (AvgIpc) is 2.41. The molecule has 0 heterocycles. The Bertz CT molecular complexity index is 604. The van der Waals surface area contributed by atoms with Crippen LogP contribution in [0.25, 0.3) is 0 Å². The lowest BCUT2D eigenvalue weighted by Crippen LogP contribution is -2.15. The van der Waals surface area contributed by atoms with Gasteiger partial charge in [-0.25, -0.2) is 8.78 Å². The molecule has 0 amide bonds. The maximum Gasteiger partial charge on any atom is 0.170 e. The first-order valence-electron chi connectivity index (χ1n) is 5.58. The minimum absolute atomic E-state index is 0.0838. The molecule has 2 N–H and O–H groups in total. The first-order chi connectivity index (χ1) is 9.06. The van der Waals surface area contributed by atoms with Crippen LogP contribution in [0.15, 0.2) is 36.4 Å². The highest BCUT2D eigenvalue weighted by Gasteiger charge is 2.20. The van der Waals surface area contributed by atoms with Crippen molar-refractivity contribution in [2.24, 2.45) is 5.73 Å². The number of rotatable bonds is 3. The van der Waals surface area contributed by atoms with Gasteiger partial charge in [-0.2, -0.15) is 0 Å². The molecule has 5 heteroatoms. The second-order valence-corrected chi connectivity index (χ2v) is 4.36. The van der Waals surface area contributed by atoms with Crippen molar-refractivity contribution in [3.63, 3.8) is 0 Å². The van der Waals surface area contributed by atoms with Crippen LogP contribution >= 0.6 is 11.6 Å². The highest BCUT2D eigenvalue weighted by molar-refractivity contribution is 6.31. The van der Waals surface area contributed by atoms with E-state index in [1.54, 1.807) is 12.1 Å². The van der Waals surface area contributed by atoms with E-state index in [1.165, 1.54) is 31.4 Å². The minimum atomic E-state index is -0.863. The van der Waals surface area contributed by atoms with E-state index in [4.69, 9.17) is 22.1 Å². The SMILES string of the molecule is COc1cccc(C(N)c2cccc(F)c2Cl)c1F. The molecule has 2 nitrogen and oxygen atoms in total. The number of hydrogen-bond donors (Lipinski definition) is 1. The summed E-state index contributed by atoms with van der Waals surface area (Å²) in [4.78, 5) is 0. The fraction of sp³-hybridized carbons (Fsp3) is 0.143. The van der Waals surface area contributed by atoms with Gasteiger partial charge >= 0.3 is 0 Å². The molecular formula is C14H12ClF2NO. The third-order valence-corrected chi connectivity index (χ3v) is 3.26. The third-order valence-electron chi connectivity index (χ3n) is 2.86. The fourth-order valence-electron chi connectivity index (χ4n) is 1.85. The van der Waals surface area contributed by atoms with Crippen LogP contribution in [0.5, 0.6) is 5.75 Å². The molecule has 0 fully saturated rings. The van der Waals surface area contributed by atoms with Gasteiger partial charge in [0.25, 0.3) is 0 Å². The van der Waals surface area contributed by atoms with Gasteiger partial charge in [0.05, 0.1) is 18.2 Å². The van der Waals surface area contributed by atoms with E-state index in [2.05, 4.69) is 0 Å². The van der Waals surface area contributed by atoms with Crippen LogP contribution in [0.3, 0.4) is 0 Å². The molecule has 0 aliphatic heterocycles. The highest BCUT2D eigenvalue weighted by Crippen LogP contribution is 2.32. The van der Waals surface area contributed by atoms with Crippen LogP contribution in [0.4, 0.5) is 8.78 Å². The lowest BCUT2D eigenvalue weighted by atomic mass is 9.98. The number of halogens is 3. The molecular weight excluding hydrogens is 272 g/mol. The number of benzene rings is 2. The Morgan fingerprint density at radius 3 is 2.42 bits per heavy atom. The molecule has 2 rings (SSSR count). The van der Waals surface area contributed by atoms with Crippen molar-refractivity contribution in [1.82, 2.24) is 0 Å². The predicted molar refractivity (Wildman–Crippen MR) is 70.4 cm³/mol. The van der Waals surface area contributed by atoms with Crippen molar-refractivity contribution in [2.75, 3.05) is 7.11 Å². The van der Waals surface area contributed by atoms with E-state index < -0.39 is 17.7 Å². The second kappa shape index (κ2) is 5.55. The standard InChI is InChI=1S/C14H12ClF2NO/c1-19-11-7-3-5-9(13(11)17)14(18)8-4-2-6-10(16)12(8)15/h2-7,14H,18H2,1H3. The van der Waals surface area contributed by atoms with Crippen LogP contribution in [0, 0.1) is 11.6 Å². The van der Waals surface area contributed by atoms with Gasteiger partial charge in [0.2, 0.25) is 0 Å². The normalized spacial score (nSPS) is 12.3. The summed E-state index contributed by atoms with van der Waals surface area (Å²) >= 11 is 5.86. The van der Waals surface area contributed by atoms with E-state index in [1.807, 2.05) is 0 Å². The molecule has 2 aromatic rings. The first kappa shape index (κ1) is 13.8. The van der Waals surface area contributed by atoms with E-state index in [0.29, 0.717) is 5.56 Å². The first-order valence-corrected chi connectivity index (χ1v) is 5.96. The van der Waals surface area contributed by atoms with Crippen LogP contribution in [-0.4, -0.2) is 7.11 Å². The molecule has 1 atom stereocenters. The van der Waals surface area contributed by atoms with E-state index in [-0.39, 0.29) is 16.3 Å². The number of hydrogen-bond acceptors (Lipinski definition) is 2. The summed E-state index contributed by atoms with van der Waals surface area (Å²) in [5, 5.41) is -0.0998. The summed E-state index contributed by atoms with van der Waals surface area (Å²) in [6.07, 6.45) is 0. The third kappa shape index (κ3) is 2.55. The zero-order valence-corrected chi connectivity index (χ0v) is 10.9. The molecule has 0 saturated heterocycles. The Labute approximate surface area is 114 Å². The number of ether oxygens (including phenoxy) is 1. The molecule has 0 bridgehead atoms. The summed E-state index contributed by atoms with van der Waals surface area (Å²) in [6, 6.07) is 8.02. The molecule has 100 valence electrons. The second-order valence-electron chi connectivity index (χ2n) is 3.98. The average molecular weight is 284 g/mol. The Hall–Kier alpha value is -1.65. The molecule has 0 aliphatic rings. The zero-order valence-electron chi connectivity index (χ0n) is 10.2. The molecule has 2 aromatic carbocycles. The molecule has 0 spiro atoms. The molecule has 0 aromatic heterocycles. The van der Waals surface area contributed by atoms with E-state index in [0.717, 1.165) is 0 Å². The van der Waals surface area contributed by atoms with Gasteiger partial charge < -0.3 is 10.5 Å². The Morgan fingerprint density at radius 1 is 1.11 bits per heavy atom.